The van der Waals surface area contributed by atoms with E-state index in [9.17, 15) is 9.59 Å². The van der Waals surface area contributed by atoms with Crippen LogP contribution < -0.4 is 5.32 Å². The molecule has 1 atom stereocenters. The smallest absolute Gasteiger partial charge is 0.273 e. The first-order valence-corrected chi connectivity index (χ1v) is 8.66. The van der Waals surface area contributed by atoms with Crippen molar-refractivity contribution in [2.45, 2.75) is 32.3 Å². The monoisotopic (exact) mass is 369 g/mol. The number of carbonyl (C=O) groups excluding carboxylic acids is 2. The van der Waals surface area contributed by atoms with E-state index in [2.05, 4.69) is 20.6 Å². The average Bonchev–Trinajstić information content (AvgIpc) is 3.36. The van der Waals surface area contributed by atoms with E-state index in [0.717, 1.165) is 0 Å². The maximum absolute atomic E-state index is 12.8. The predicted octanol–water partition coefficient (Wildman–Crippen LogP) is 1.69. The molecule has 0 unspecified atom stereocenters. The van der Waals surface area contributed by atoms with E-state index in [1.807, 2.05) is 0 Å². The molecule has 27 heavy (non-hydrogen) atoms. The van der Waals surface area contributed by atoms with Crippen molar-refractivity contribution in [1.29, 1.82) is 0 Å². The number of carbonyl (C=O) groups is 2. The Morgan fingerprint density at radius 1 is 1.33 bits per heavy atom. The number of likely N-dealkylation sites (tertiary alicyclic amines) is 1. The van der Waals surface area contributed by atoms with Crippen LogP contribution in [0.1, 0.15) is 34.7 Å². The van der Waals surface area contributed by atoms with Crippen molar-refractivity contribution in [2.24, 2.45) is 5.16 Å². The summed E-state index contributed by atoms with van der Waals surface area (Å²) < 4.78 is 5.09. The quantitative estimate of drug-likeness (QED) is 0.881. The number of rotatable bonds is 3. The number of aromatic nitrogens is 2. The Labute approximate surface area is 155 Å². The molecule has 9 heteroatoms. The van der Waals surface area contributed by atoms with Gasteiger partial charge in [0.15, 0.2) is 5.60 Å². The number of amides is 2. The minimum atomic E-state index is -0.657. The molecule has 140 valence electrons. The highest BCUT2D eigenvalue weighted by Gasteiger charge is 2.48. The Bertz CT molecular complexity index is 904. The normalized spacial score (nSPS) is 21.3. The Balaban J connectivity index is 1.41. The largest absolute Gasteiger partial charge is 0.386 e. The second-order valence-electron chi connectivity index (χ2n) is 6.86. The van der Waals surface area contributed by atoms with Crippen LogP contribution in [-0.4, -0.2) is 51.3 Å². The second-order valence-corrected chi connectivity index (χ2v) is 6.86. The number of hydrogen-bond donors (Lipinski definition) is 1. The number of nitrogens with zero attached hydrogens (tertiary/aromatic N) is 4. The van der Waals surface area contributed by atoms with Crippen LogP contribution in [0, 0.1) is 13.8 Å². The fourth-order valence-corrected chi connectivity index (χ4v) is 3.47. The third-order valence-corrected chi connectivity index (χ3v) is 4.87. The summed E-state index contributed by atoms with van der Waals surface area (Å²) in [4.78, 5) is 36.5. The standard InChI is InChI=1S/C18H19N5O4/c1-11-15(12(2)26-21-11)17(25)23-7-5-18(10-23)8-14(22-27-18)16(24)20-13-4-3-6-19-9-13/h3-4,6,9H,5,7-8,10H2,1-2H3,(H,20,24)/t18-/m0/s1. The molecule has 9 nitrogen and oxygen atoms in total. The Hall–Kier alpha value is -3.23. The van der Waals surface area contributed by atoms with E-state index >= 15 is 0 Å². The molecular weight excluding hydrogens is 350 g/mol. The fraction of sp³-hybridized carbons (Fsp3) is 0.389. The van der Waals surface area contributed by atoms with E-state index in [4.69, 9.17) is 9.36 Å². The van der Waals surface area contributed by atoms with Crippen molar-refractivity contribution < 1.29 is 18.9 Å². The van der Waals surface area contributed by atoms with Gasteiger partial charge in [-0.2, -0.15) is 0 Å². The minimum absolute atomic E-state index is 0.139. The van der Waals surface area contributed by atoms with Crippen LogP contribution in [0.3, 0.4) is 0 Å². The minimum Gasteiger partial charge on any atom is -0.386 e. The van der Waals surface area contributed by atoms with Gasteiger partial charge in [0, 0.05) is 25.6 Å². The maximum Gasteiger partial charge on any atom is 0.273 e. The molecule has 0 radical (unpaired) electrons. The van der Waals surface area contributed by atoms with E-state index in [-0.39, 0.29) is 11.8 Å². The summed E-state index contributed by atoms with van der Waals surface area (Å²) in [5.74, 6) is 0.0361. The van der Waals surface area contributed by atoms with E-state index in [1.165, 1.54) is 0 Å². The van der Waals surface area contributed by atoms with E-state index < -0.39 is 5.60 Å². The van der Waals surface area contributed by atoms with Crippen LogP contribution in [0.2, 0.25) is 0 Å². The molecule has 1 fully saturated rings. The van der Waals surface area contributed by atoms with Gasteiger partial charge in [-0.05, 0) is 26.0 Å². The SMILES string of the molecule is Cc1noc(C)c1C(=O)N1CC[C@]2(CC(C(=O)Nc3cccnc3)=NO2)C1. The van der Waals surface area contributed by atoms with Crippen molar-refractivity contribution >= 4 is 23.2 Å². The third kappa shape index (κ3) is 3.16. The van der Waals surface area contributed by atoms with Crippen molar-refractivity contribution in [1.82, 2.24) is 15.0 Å². The van der Waals surface area contributed by atoms with E-state index in [0.29, 0.717) is 54.3 Å². The van der Waals surface area contributed by atoms with Crippen LogP contribution in [0.4, 0.5) is 5.69 Å². The molecule has 2 aliphatic heterocycles. The molecule has 4 rings (SSSR count). The van der Waals surface area contributed by atoms with Crippen molar-refractivity contribution in [3.8, 4) is 0 Å². The van der Waals surface area contributed by atoms with Gasteiger partial charge in [-0.25, -0.2) is 0 Å². The van der Waals surface area contributed by atoms with Crippen LogP contribution >= 0.6 is 0 Å². The number of hydrogen-bond acceptors (Lipinski definition) is 7. The number of anilines is 1. The van der Waals surface area contributed by atoms with Crippen LogP contribution in [-0.2, 0) is 9.63 Å². The van der Waals surface area contributed by atoms with Crippen molar-refractivity contribution in [3.63, 3.8) is 0 Å². The molecule has 2 aromatic heterocycles. The molecule has 0 saturated carbocycles. The first-order valence-electron chi connectivity index (χ1n) is 8.66. The summed E-state index contributed by atoms with van der Waals surface area (Å²) >= 11 is 0. The van der Waals surface area contributed by atoms with Crippen LogP contribution in [0.15, 0.2) is 34.2 Å². The van der Waals surface area contributed by atoms with Gasteiger partial charge in [-0.3, -0.25) is 14.6 Å². The first kappa shape index (κ1) is 17.2. The highest BCUT2D eigenvalue weighted by Crippen LogP contribution is 2.35. The molecule has 2 amide bonds. The molecule has 4 heterocycles. The number of pyridine rings is 1. The van der Waals surface area contributed by atoms with Gasteiger partial charge in [-0.1, -0.05) is 10.3 Å². The van der Waals surface area contributed by atoms with E-state index in [1.54, 1.807) is 43.3 Å². The lowest BCUT2D eigenvalue weighted by Gasteiger charge is -2.21. The van der Waals surface area contributed by atoms with Gasteiger partial charge in [0.05, 0.1) is 24.1 Å². The van der Waals surface area contributed by atoms with Crippen LogP contribution in [0.25, 0.3) is 0 Å². The second kappa shape index (κ2) is 6.49. The first-order chi connectivity index (χ1) is 13.0. The highest BCUT2D eigenvalue weighted by molar-refractivity contribution is 6.43. The molecular formula is C18H19N5O4. The van der Waals surface area contributed by atoms with Crippen molar-refractivity contribution in [3.05, 3.63) is 41.5 Å². The Morgan fingerprint density at radius 3 is 2.89 bits per heavy atom. The van der Waals surface area contributed by atoms with Crippen molar-refractivity contribution in [2.75, 3.05) is 18.4 Å². The summed E-state index contributed by atoms with van der Waals surface area (Å²) in [6, 6.07) is 3.48. The molecule has 1 spiro atoms. The summed E-state index contributed by atoms with van der Waals surface area (Å²) in [6.07, 6.45) is 4.15. The lowest BCUT2D eigenvalue weighted by Crippen LogP contribution is -2.37. The summed E-state index contributed by atoms with van der Waals surface area (Å²) in [6.45, 7) is 4.35. The topological polar surface area (TPSA) is 110 Å². The number of nitrogens with one attached hydrogen (secondary N) is 1. The third-order valence-electron chi connectivity index (χ3n) is 4.87. The molecule has 1 saturated heterocycles. The average molecular weight is 369 g/mol. The lowest BCUT2D eigenvalue weighted by atomic mass is 9.96. The fourth-order valence-electron chi connectivity index (χ4n) is 3.47. The van der Waals surface area contributed by atoms with Gasteiger partial charge in [0.2, 0.25) is 0 Å². The molecule has 2 aromatic rings. The summed E-state index contributed by atoms with van der Waals surface area (Å²) in [7, 11) is 0. The van der Waals surface area contributed by atoms with Gasteiger partial charge in [0.25, 0.3) is 11.8 Å². The van der Waals surface area contributed by atoms with Gasteiger partial charge >= 0.3 is 0 Å². The number of aryl methyl sites for hydroxylation is 2. The molecule has 1 N–H and O–H groups in total. The predicted molar refractivity (Wildman–Crippen MR) is 95.2 cm³/mol. The Morgan fingerprint density at radius 2 is 2.19 bits per heavy atom. The highest BCUT2D eigenvalue weighted by atomic mass is 16.7. The zero-order chi connectivity index (χ0) is 19.0. The summed E-state index contributed by atoms with van der Waals surface area (Å²) in [5, 5.41) is 10.6. The Kier molecular flexibility index (Phi) is 4.14. The van der Waals surface area contributed by atoms with Crippen LogP contribution in [0.5, 0.6) is 0 Å². The number of oxime groups is 1. The molecule has 0 aliphatic carbocycles. The molecule has 0 bridgehead atoms. The van der Waals surface area contributed by atoms with Gasteiger partial charge in [0.1, 0.15) is 17.0 Å². The molecule has 0 aromatic carbocycles. The lowest BCUT2D eigenvalue weighted by molar-refractivity contribution is -0.110. The maximum atomic E-state index is 12.8. The zero-order valence-corrected chi connectivity index (χ0v) is 15.1. The molecule has 2 aliphatic rings. The zero-order valence-electron chi connectivity index (χ0n) is 15.1. The van der Waals surface area contributed by atoms with Gasteiger partial charge in [-0.15, -0.1) is 0 Å². The summed E-state index contributed by atoms with van der Waals surface area (Å²) in [5.41, 5.74) is 1.30. The van der Waals surface area contributed by atoms with Gasteiger partial charge < -0.3 is 19.6 Å².